The summed E-state index contributed by atoms with van der Waals surface area (Å²) in [4.78, 5) is 0. The van der Waals surface area contributed by atoms with E-state index in [2.05, 4.69) is 26.0 Å². The maximum absolute atomic E-state index is 9.37. The van der Waals surface area contributed by atoms with E-state index in [-0.39, 0.29) is 0 Å². The number of rotatable bonds is 3. The van der Waals surface area contributed by atoms with Gasteiger partial charge < -0.3 is 0 Å². The van der Waals surface area contributed by atoms with Crippen LogP contribution < -0.4 is 0 Å². The fraction of sp³-hybridized carbons (Fsp3) is 0.667. The molecule has 0 aromatic heterocycles. The standard InChI is InChI=1S/C6H12.H2O6S2/c1-3-5-6-4-2;1-7(2,3)8(4,5)6/h3,5H,4,6H2,1-2H3;(H,1,2,3)(H,4,5,6). The van der Waals surface area contributed by atoms with Crippen molar-refractivity contribution in [3.63, 3.8) is 0 Å². The van der Waals surface area contributed by atoms with E-state index in [9.17, 15) is 16.8 Å². The van der Waals surface area contributed by atoms with Gasteiger partial charge in [-0.05, 0) is 13.3 Å². The zero-order chi connectivity index (χ0) is 11.8. The van der Waals surface area contributed by atoms with Gasteiger partial charge in [0.25, 0.3) is 0 Å². The Morgan fingerprint density at radius 1 is 1.07 bits per heavy atom. The lowest BCUT2D eigenvalue weighted by Crippen LogP contribution is -2.11. The van der Waals surface area contributed by atoms with Crippen LogP contribution in [0.4, 0.5) is 0 Å². The molecule has 8 heteroatoms. The van der Waals surface area contributed by atoms with E-state index in [1.165, 1.54) is 12.8 Å². The molecular weight excluding hydrogens is 232 g/mol. The Kier molecular flexibility index (Phi) is 7.93. The van der Waals surface area contributed by atoms with Crippen LogP contribution in [-0.2, 0) is 18.3 Å². The number of hydrogen-bond acceptors (Lipinski definition) is 4. The Labute approximate surface area is 83.5 Å². The third-order valence-corrected chi connectivity index (χ3v) is 3.09. The predicted octanol–water partition coefficient (Wildman–Crippen LogP) is 1.04. The van der Waals surface area contributed by atoms with E-state index in [1.807, 2.05) is 0 Å². The summed E-state index contributed by atoms with van der Waals surface area (Å²) in [7, 11) is -10.6. The lowest BCUT2D eigenvalue weighted by molar-refractivity contribution is 0.460. The van der Waals surface area contributed by atoms with Gasteiger partial charge in [0.1, 0.15) is 0 Å². The summed E-state index contributed by atoms with van der Waals surface area (Å²) in [6, 6.07) is 0. The SMILES string of the molecule is CC=CCCC.O=S(=O)(O)S(=O)(=O)O. The van der Waals surface area contributed by atoms with E-state index in [0.717, 1.165) is 0 Å². The van der Waals surface area contributed by atoms with Crippen molar-refractivity contribution in [2.75, 3.05) is 0 Å². The molecule has 0 atom stereocenters. The monoisotopic (exact) mass is 246 g/mol. The molecule has 0 spiro atoms. The van der Waals surface area contributed by atoms with Crippen LogP contribution in [0.5, 0.6) is 0 Å². The van der Waals surface area contributed by atoms with Crippen LogP contribution in [0.15, 0.2) is 12.2 Å². The molecule has 0 radical (unpaired) electrons. The molecule has 0 bridgehead atoms. The van der Waals surface area contributed by atoms with Crippen LogP contribution >= 0.6 is 0 Å². The molecule has 86 valence electrons. The largest absolute Gasteiger partial charge is 0.397 e. The van der Waals surface area contributed by atoms with Gasteiger partial charge in [0.2, 0.25) is 0 Å². The molecule has 0 saturated carbocycles. The highest BCUT2D eigenvalue weighted by Crippen LogP contribution is 1.90. The highest BCUT2D eigenvalue weighted by molar-refractivity contribution is 8.62. The van der Waals surface area contributed by atoms with Crippen LogP contribution in [0, 0.1) is 0 Å². The highest BCUT2D eigenvalue weighted by Gasteiger charge is 2.22. The van der Waals surface area contributed by atoms with Gasteiger partial charge in [0, 0.05) is 0 Å². The van der Waals surface area contributed by atoms with E-state index >= 15 is 0 Å². The summed E-state index contributed by atoms with van der Waals surface area (Å²) in [5.41, 5.74) is 0. The van der Waals surface area contributed by atoms with Crippen molar-refractivity contribution in [1.82, 2.24) is 0 Å². The summed E-state index contributed by atoms with van der Waals surface area (Å²) >= 11 is 0. The summed E-state index contributed by atoms with van der Waals surface area (Å²) in [6.45, 7) is 4.23. The minimum atomic E-state index is -5.31. The second-order valence-electron chi connectivity index (χ2n) is 2.21. The number of hydrogen-bond donors (Lipinski definition) is 2. The van der Waals surface area contributed by atoms with Crippen LogP contribution in [0.3, 0.4) is 0 Å². The van der Waals surface area contributed by atoms with Crippen LogP contribution in [-0.4, -0.2) is 25.9 Å². The molecule has 2 N–H and O–H groups in total. The van der Waals surface area contributed by atoms with E-state index < -0.39 is 18.3 Å². The van der Waals surface area contributed by atoms with Gasteiger partial charge in [-0.2, -0.15) is 16.8 Å². The number of allylic oxidation sites excluding steroid dienone is 2. The van der Waals surface area contributed by atoms with Gasteiger partial charge in [-0.15, -0.1) is 0 Å². The minimum absolute atomic E-state index is 1.23. The van der Waals surface area contributed by atoms with Crippen LogP contribution in [0.25, 0.3) is 0 Å². The molecular formula is C6H14O6S2. The Balaban J connectivity index is 0. The van der Waals surface area contributed by atoms with Crippen molar-refractivity contribution in [1.29, 1.82) is 0 Å². The minimum Gasteiger partial charge on any atom is -0.272 e. The summed E-state index contributed by atoms with van der Waals surface area (Å²) in [6.07, 6.45) is 6.77. The molecule has 0 aliphatic carbocycles. The third kappa shape index (κ3) is 9.65. The molecule has 0 aromatic rings. The lowest BCUT2D eigenvalue weighted by atomic mass is 10.3. The fourth-order valence-corrected chi connectivity index (χ4v) is 0.333. The molecule has 0 rings (SSSR count). The quantitative estimate of drug-likeness (QED) is 0.437. The highest BCUT2D eigenvalue weighted by atomic mass is 33.2. The fourth-order valence-electron chi connectivity index (χ4n) is 0.333. The van der Waals surface area contributed by atoms with Crippen molar-refractivity contribution in [2.24, 2.45) is 0 Å². The molecule has 0 aromatic carbocycles. The predicted molar refractivity (Wildman–Crippen MR) is 52.8 cm³/mol. The average Bonchev–Trinajstić information content (AvgIpc) is 1.98. The first kappa shape index (κ1) is 16.0. The Morgan fingerprint density at radius 2 is 1.43 bits per heavy atom. The van der Waals surface area contributed by atoms with Crippen molar-refractivity contribution in [3.05, 3.63) is 12.2 Å². The van der Waals surface area contributed by atoms with Crippen molar-refractivity contribution in [2.45, 2.75) is 26.7 Å². The van der Waals surface area contributed by atoms with Crippen molar-refractivity contribution in [3.8, 4) is 0 Å². The second kappa shape index (κ2) is 6.93. The van der Waals surface area contributed by atoms with E-state index in [4.69, 9.17) is 9.11 Å². The molecule has 0 aliphatic rings. The zero-order valence-electron chi connectivity index (χ0n) is 7.91. The molecule has 0 unspecified atom stereocenters. The Morgan fingerprint density at radius 3 is 1.50 bits per heavy atom. The zero-order valence-corrected chi connectivity index (χ0v) is 9.55. The summed E-state index contributed by atoms with van der Waals surface area (Å²) in [5, 5.41) is 0. The van der Waals surface area contributed by atoms with Crippen LogP contribution in [0.2, 0.25) is 0 Å². The smallest absolute Gasteiger partial charge is 0.272 e. The normalized spacial score (nSPS) is 12.3. The van der Waals surface area contributed by atoms with Gasteiger partial charge in [0.05, 0.1) is 0 Å². The van der Waals surface area contributed by atoms with Crippen LogP contribution in [0.1, 0.15) is 26.7 Å². The summed E-state index contributed by atoms with van der Waals surface area (Å²) < 4.78 is 52.5. The van der Waals surface area contributed by atoms with Gasteiger partial charge >= 0.3 is 18.3 Å². The lowest BCUT2D eigenvalue weighted by Gasteiger charge is -1.84. The van der Waals surface area contributed by atoms with Gasteiger partial charge in [-0.25, -0.2) is 0 Å². The first-order valence-electron chi connectivity index (χ1n) is 3.72. The van der Waals surface area contributed by atoms with Crippen molar-refractivity contribution < 1.29 is 25.9 Å². The molecule has 0 aliphatic heterocycles. The first-order valence-corrected chi connectivity index (χ1v) is 7.12. The molecule has 14 heavy (non-hydrogen) atoms. The van der Waals surface area contributed by atoms with Gasteiger partial charge in [0.15, 0.2) is 0 Å². The molecule has 0 amide bonds. The molecule has 0 heterocycles. The van der Waals surface area contributed by atoms with E-state index in [1.54, 1.807) is 0 Å². The van der Waals surface area contributed by atoms with Gasteiger partial charge in [-0.1, -0.05) is 25.5 Å². The molecule has 6 nitrogen and oxygen atoms in total. The topological polar surface area (TPSA) is 109 Å². The number of unbranched alkanes of at least 4 members (excludes halogenated alkanes) is 1. The van der Waals surface area contributed by atoms with Crippen molar-refractivity contribution >= 4 is 18.3 Å². The average molecular weight is 246 g/mol. The summed E-state index contributed by atoms with van der Waals surface area (Å²) in [5.74, 6) is 0. The Bertz CT molecular complexity index is 320. The molecule has 0 fully saturated rings. The Hall–Kier alpha value is -0.440. The third-order valence-electron chi connectivity index (χ3n) is 0.957. The maximum Gasteiger partial charge on any atom is 0.397 e. The maximum atomic E-state index is 9.37. The van der Waals surface area contributed by atoms with Gasteiger partial charge in [-0.3, -0.25) is 9.11 Å². The molecule has 0 saturated heterocycles. The van der Waals surface area contributed by atoms with E-state index in [0.29, 0.717) is 0 Å². The second-order valence-corrected chi connectivity index (χ2v) is 6.45. The first-order chi connectivity index (χ1) is 6.16.